The van der Waals surface area contributed by atoms with Gasteiger partial charge >= 0.3 is 0 Å². The molecule has 3 nitrogen and oxygen atoms in total. The number of amides is 1. The molecule has 0 spiro atoms. The van der Waals surface area contributed by atoms with Crippen molar-refractivity contribution in [1.82, 2.24) is 5.32 Å². The zero-order chi connectivity index (χ0) is 11.4. The van der Waals surface area contributed by atoms with Crippen LogP contribution in [-0.4, -0.2) is 23.7 Å². The van der Waals surface area contributed by atoms with E-state index in [1.807, 2.05) is 0 Å². The first-order valence-electron chi connectivity index (χ1n) is 6.36. The van der Waals surface area contributed by atoms with Gasteiger partial charge in [-0.15, -0.1) is 0 Å². The summed E-state index contributed by atoms with van der Waals surface area (Å²) in [6.07, 6.45) is 10.3. The Labute approximate surface area is 96.9 Å². The van der Waals surface area contributed by atoms with Crippen LogP contribution in [-0.2, 0) is 4.79 Å². The Morgan fingerprint density at radius 3 is 2.81 bits per heavy atom. The van der Waals surface area contributed by atoms with E-state index < -0.39 is 0 Å². The zero-order valence-electron chi connectivity index (χ0n) is 9.69. The van der Waals surface area contributed by atoms with E-state index in [-0.39, 0.29) is 18.6 Å². The molecule has 16 heavy (non-hydrogen) atoms. The largest absolute Gasteiger partial charge is 0.396 e. The summed E-state index contributed by atoms with van der Waals surface area (Å²) in [6.45, 7) is 0.171. The molecule has 0 aliphatic heterocycles. The molecular weight excluding hydrogens is 202 g/mol. The molecule has 2 N–H and O–H groups in total. The van der Waals surface area contributed by atoms with Crippen molar-refractivity contribution in [2.24, 2.45) is 11.8 Å². The normalized spacial score (nSPS) is 25.7. The van der Waals surface area contributed by atoms with Crippen molar-refractivity contribution in [3.8, 4) is 0 Å². The van der Waals surface area contributed by atoms with E-state index in [1.165, 1.54) is 12.8 Å². The minimum absolute atomic E-state index is 0.155. The van der Waals surface area contributed by atoms with Crippen LogP contribution in [0.5, 0.6) is 0 Å². The monoisotopic (exact) mass is 223 g/mol. The van der Waals surface area contributed by atoms with E-state index in [0.717, 1.165) is 12.8 Å². The average molecular weight is 223 g/mol. The third kappa shape index (κ3) is 3.34. The Balaban J connectivity index is 1.73. The van der Waals surface area contributed by atoms with Gasteiger partial charge < -0.3 is 10.4 Å². The van der Waals surface area contributed by atoms with Gasteiger partial charge in [-0.2, -0.15) is 0 Å². The second-order valence-corrected chi connectivity index (χ2v) is 4.99. The van der Waals surface area contributed by atoms with E-state index in [4.69, 9.17) is 5.11 Å². The number of aliphatic hydroxyl groups excluding tert-OH is 1. The number of nitrogens with one attached hydrogen (secondary N) is 1. The molecule has 2 atom stereocenters. The highest BCUT2D eigenvalue weighted by atomic mass is 16.3. The molecule has 0 aromatic rings. The highest BCUT2D eigenvalue weighted by molar-refractivity contribution is 5.76. The van der Waals surface area contributed by atoms with Crippen molar-refractivity contribution in [1.29, 1.82) is 0 Å². The number of allylic oxidation sites excluding steroid dienone is 2. The SMILES string of the molecule is O=C(CC1C=CCC1)NC(CCO)C1CC1. The summed E-state index contributed by atoms with van der Waals surface area (Å²) in [5.41, 5.74) is 0. The summed E-state index contributed by atoms with van der Waals surface area (Å²) in [6, 6.07) is 0.211. The fourth-order valence-electron chi connectivity index (χ4n) is 2.43. The first-order chi connectivity index (χ1) is 7.79. The maximum atomic E-state index is 11.8. The smallest absolute Gasteiger partial charge is 0.220 e. The van der Waals surface area contributed by atoms with Crippen LogP contribution in [0.15, 0.2) is 12.2 Å². The van der Waals surface area contributed by atoms with Gasteiger partial charge in [0.25, 0.3) is 0 Å². The van der Waals surface area contributed by atoms with Crippen LogP contribution in [0.2, 0.25) is 0 Å². The average Bonchev–Trinajstić information content (AvgIpc) is 2.98. The number of rotatable bonds is 6. The molecule has 2 aliphatic rings. The first-order valence-corrected chi connectivity index (χ1v) is 6.36. The lowest BCUT2D eigenvalue weighted by atomic mass is 10.0. The Morgan fingerprint density at radius 2 is 2.25 bits per heavy atom. The quantitative estimate of drug-likeness (QED) is 0.672. The van der Waals surface area contributed by atoms with Crippen LogP contribution < -0.4 is 5.32 Å². The van der Waals surface area contributed by atoms with Crippen LogP contribution in [0.3, 0.4) is 0 Å². The lowest BCUT2D eigenvalue weighted by Gasteiger charge is -2.18. The lowest BCUT2D eigenvalue weighted by Crippen LogP contribution is -2.37. The van der Waals surface area contributed by atoms with Gasteiger partial charge in [-0.05, 0) is 43.9 Å². The summed E-state index contributed by atoms with van der Waals surface area (Å²) < 4.78 is 0. The summed E-state index contributed by atoms with van der Waals surface area (Å²) in [7, 11) is 0. The first kappa shape index (κ1) is 11.6. The third-order valence-electron chi connectivity index (χ3n) is 3.54. The maximum absolute atomic E-state index is 11.8. The highest BCUT2D eigenvalue weighted by Gasteiger charge is 2.31. The molecule has 2 rings (SSSR count). The van der Waals surface area contributed by atoms with Crippen molar-refractivity contribution >= 4 is 5.91 Å². The van der Waals surface area contributed by atoms with E-state index in [2.05, 4.69) is 17.5 Å². The predicted molar refractivity (Wildman–Crippen MR) is 62.8 cm³/mol. The second kappa shape index (κ2) is 5.48. The van der Waals surface area contributed by atoms with Gasteiger partial charge in [-0.3, -0.25) is 4.79 Å². The van der Waals surface area contributed by atoms with Gasteiger partial charge in [-0.25, -0.2) is 0 Å². The molecule has 0 radical (unpaired) electrons. The molecule has 3 heteroatoms. The molecule has 0 bridgehead atoms. The molecule has 1 saturated carbocycles. The van der Waals surface area contributed by atoms with Crippen molar-refractivity contribution < 1.29 is 9.90 Å². The number of carbonyl (C=O) groups excluding carboxylic acids is 1. The van der Waals surface area contributed by atoms with E-state index in [1.54, 1.807) is 0 Å². The molecular formula is C13H21NO2. The van der Waals surface area contributed by atoms with E-state index in [9.17, 15) is 4.79 Å². The second-order valence-electron chi connectivity index (χ2n) is 4.99. The summed E-state index contributed by atoms with van der Waals surface area (Å²) in [4.78, 5) is 11.8. The number of hydrogen-bond donors (Lipinski definition) is 2. The van der Waals surface area contributed by atoms with Gasteiger partial charge in [0.2, 0.25) is 5.91 Å². The van der Waals surface area contributed by atoms with Crippen LogP contribution in [0.25, 0.3) is 0 Å². The topological polar surface area (TPSA) is 49.3 Å². The third-order valence-corrected chi connectivity index (χ3v) is 3.54. The highest BCUT2D eigenvalue weighted by Crippen LogP contribution is 2.34. The zero-order valence-corrected chi connectivity index (χ0v) is 9.69. The molecule has 0 aromatic heterocycles. The van der Waals surface area contributed by atoms with Gasteiger partial charge in [0, 0.05) is 19.1 Å². The molecule has 0 saturated heterocycles. The van der Waals surface area contributed by atoms with Crippen molar-refractivity contribution in [2.75, 3.05) is 6.61 Å². The van der Waals surface area contributed by atoms with Crippen molar-refractivity contribution in [3.63, 3.8) is 0 Å². The van der Waals surface area contributed by atoms with Crippen molar-refractivity contribution in [2.45, 2.75) is 44.6 Å². The van der Waals surface area contributed by atoms with Gasteiger partial charge in [-0.1, -0.05) is 12.2 Å². The predicted octanol–water partition coefficient (Wildman–Crippen LogP) is 1.62. The van der Waals surface area contributed by atoms with Gasteiger partial charge in [0.05, 0.1) is 0 Å². The molecule has 0 heterocycles. The maximum Gasteiger partial charge on any atom is 0.220 e. The lowest BCUT2D eigenvalue weighted by molar-refractivity contribution is -0.122. The molecule has 0 aromatic carbocycles. The summed E-state index contributed by atoms with van der Waals surface area (Å²) in [5.74, 6) is 1.21. The molecule has 2 unspecified atom stereocenters. The fourth-order valence-corrected chi connectivity index (χ4v) is 2.43. The number of hydrogen-bond acceptors (Lipinski definition) is 2. The van der Waals surface area contributed by atoms with Crippen LogP contribution in [0, 0.1) is 11.8 Å². The Morgan fingerprint density at radius 1 is 1.44 bits per heavy atom. The van der Waals surface area contributed by atoms with Crippen LogP contribution in [0.1, 0.15) is 38.5 Å². The minimum atomic E-state index is 0.155. The van der Waals surface area contributed by atoms with Crippen LogP contribution in [0.4, 0.5) is 0 Å². The standard InChI is InChI=1S/C13H21NO2/c15-8-7-12(11-5-6-11)14-13(16)9-10-3-1-2-4-10/h1,3,10-12,15H,2,4-9H2,(H,14,16). The van der Waals surface area contributed by atoms with E-state index in [0.29, 0.717) is 24.7 Å². The summed E-state index contributed by atoms with van der Waals surface area (Å²) in [5, 5.41) is 12.0. The van der Waals surface area contributed by atoms with Crippen LogP contribution >= 0.6 is 0 Å². The number of carbonyl (C=O) groups is 1. The molecule has 1 fully saturated rings. The Hall–Kier alpha value is -0.830. The van der Waals surface area contributed by atoms with Gasteiger partial charge in [0.15, 0.2) is 0 Å². The van der Waals surface area contributed by atoms with E-state index >= 15 is 0 Å². The number of aliphatic hydroxyl groups is 1. The molecule has 2 aliphatic carbocycles. The summed E-state index contributed by atoms with van der Waals surface area (Å²) >= 11 is 0. The van der Waals surface area contributed by atoms with Crippen molar-refractivity contribution in [3.05, 3.63) is 12.2 Å². The Bertz CT molecular complexity index is 271. The van der Waals surface area contributed by atoms with Gasteiger partial charge in [0.1, 0.15) is 0 Å². The minimum Gasteiger partial charge on any atom is -0.396 e. The fraction of sp³-hybridized carbons (Fsp3) is 0.769. The molecule has 1 amide bonds. The molecule has 90 valence electrons. The Kier molecular flexibility index (Phi) is 3.99.